The van der Waals surface area contributed by atoms with Gasteiger partial charge in [-0.3, -0.25) is 9.13 Å². The lowest BCUT2D eigenvalue weighted by atomic mass is 10.0. The maximum Gasteiger partial charge on any atom is 0.329 e. The van der Waals surface area contributed by atoms with Crippen molar-refractivity contribution in [2.45, 2.75) is 89.5 Å². The molecule has 1 aliphatic rings. The van der Waals surface area contributed by atoms with Crippen LogP contribution < -0.4 is 16.7 Å². The molecule has 5 nitrogen and oxygen atoms in total. The number of benzene rings is 1. The molecule has 1 fully saturated rings. The van der Waals surface area contributed by atoms with Gasteiger partial charge in [-0.1, -0.05) is 63.5 Å². The molecule has 2 aromatic rings. The monoisotopic (exact) mass is 414 g/mol. The van der Waals surface area contributed by atoms with Gasteiger partial charge in [0.1, 0.15) is 0 Å². The Morgan fingerprint density at radius 2 is 1.67 bits per heavy atom. The van der Waals surface area contributed by atoms with Gasteiger partial charge in [0.05, 0.1) is 17.1 Å². The number of imidazole rings is 1. The lowest BCUT2D eigenvalue weighted by Crippen LogP contribution is -2.36. The van der Waals surface area contributed by atoms with E-state index < -0.39 is 0 Å². The number of hydrogen-bond acceptors (Lipinski definition) is 3. The highest BCUT2D eigenvalue weighted by molar-refractivity contribution is 5.80. The summed E-state index contributed by atoms with van der Waals surface area (Å²) in [5.41, 5.74) is 9.26. The number of unbranched alkanes of at least 4 members (excludes halogenated alkanes) is 9. The second-order valence-electron chi connectivity index (χ2n) is 9.07. The molecule has 0 radical (unpaired) electrons. The van der Waals surface area contributed by atoms with E-state index in [1.165, 1.54) is 69.8 Å². The van der Waals surface area contributed by atoms with Gasteiger partial charge in [-0.15, -0.1) is 0 Å². The van der Waals surface area contributed by atoms with E-state index in [0.717, 1.165) is 49.9 Å². The maximum absolute atomic E-state index is 13.0. The summed E-state index contributed by atoms with van der Waals surface area (Å²) in [5, 5.41) is 3.45. The number of rotatable bonds is 13. The van der Waals surface area contributed by atoms with Crippen molar-refractivity contribution in [1.29, 1.82) is 0 Å². The minimum atomic E-state index is 0.137. The molecule has 0 aliphatic carbocycles. The van der Waals surface area contributed by atoms with Crippen molar-refractivity contribution in [3.63, 3.8) is 0 Å². The van der Waals surface area contributed by atoms with Crippen molar-refractivity contribution < 1.29 is 0 Å². The fraction of sp³-hybridized carbons (Fsp3) is 0.720. The lowest BCUT2D eigenvalue weighted by Gasteiger charge is -2.24. The zero-order valence-electron chi connectivity index (χ0n) is 19.0. The summed E-state index contributed by atoms with van der Waals surface area (Å²) >= 11 is 0. The van der Waals surface area contributed by atoms with Gasteiger partial charge in [0.25, 0.3) is 0 Å². The first-order valence-electron chi connectivity index (χ1n) is 12.3. The smallest absolute Gasteiger partial charge is 0.329 e. The Balaban J connectivity index is 1.48. The van der Waals surface area contributed by atoms with Gasteiger partial charge in [0.15, 0.2) is 0 Å². The van der Waals surface area contributed by atoms with Crippen molar-refractivity contribution in [3.8, 4) is 0 Å². The molecule has 168 valence electrons. The summed E-state index contributed by atoms with van der Waals surface area (Å²) in [6, 6.07) is 6.75. The molecule has 1 atom stereocenters. The minimum absolute atomic E-state index is 0.137. The molecule has 30 heavy (non-hydrogen) atoms. The third kappa shape index (κ3) is 5.98. The zero-order chi connectivity index (χ0) is 21.2. The SMILES string of the molecule is Cn1c(=O)n(C2CCCNC2)c2cccc(CCCCCCCCCCCCN)c21. The van der Waals surface area contributed by atoms with Gasteiger partial charge in [-0.25, -0.2) is 4.79 Å². The summed E-state index contributed by atoms with van der Waals surface area (Å²) in [6.07, 6.45) is 16.4. The minimum Gasteiger partial charge on any atom is -0.330 e. The third-order valence-corrected chi connectivity index (χ3v) is 6.72. The Hall–Kier alpha value is -1.59. The Morgan fingerprint density at radius 1 is 1.00 bits per heavy atom. The molecule has 5 heteroatoms. The topological polar surface area (TPSA) is 65.0 Å². The average molecular weight is 415 g/mol. The van der Waals surface area contributed by atoms with Crippen LogP contribution in [0.25, 0.3) is 11.0 Å². The van der Waals surface area contributed by atoms with Crippen molar-refractivity contribution >= 4 is 11.0 Å². The van der Waals surface area contributed by atoms with E-state index >= 15 is 0 Å². The number of fused-ring (bicyclic) bond motifs is 1. The molecule has 1 saturated heterocycles. The van der Waals surface area contributed by atoms with E-state index in [9.17, 15) is 4.79 Å². The van der Waals surface area contributed by atoms with Crippen LogP contribution in [0.15, 0.2) is 23.0 Å². The number of aromatic nitrogens is 2. The van der Waals surface area contributed by atoms with Crippen LogP contribution >= 0.6 is 0 Å². The van der Waals surface area contributed by atoms with E-state index in [1.54, 1.807) is 0 Å². The number of nitrogens with zero attached hydrogens (tertiary/aromatic N) is 2. The summed E-state index contributed by atoms with van der Waals surface area (Å²) < 4.78 is 3.92. The van der Waals surface area contributed by atoms with Gasteiger partial charge < -0.3 is 11.1 Å². The summed E-state index contributed by atoms with van der Waals surface area (Å²) in [5.74, 6) is 0. The zero-order valence-corrected chi connectivity index (χ0v) is 19.0. The van der Waals surface area contributed by atoms with Crippen LogP contribution in [0.5, 0.6) is 0 Å². The van der Waals surface area contributed by atoms with E-state index in [4.69, 9.17) is 5.73 Å². The van der Waals surface area contributed by atoms with E-state index in [-0.39, 0.29) is 11.7 Å². The molecular formula is C25H42N4O. The largest absolute Gasteiger partial charge is 0.330 e. The normalized spacial score (nSPS) is 17.1. The lowest BCUT2D eigenvalue weighted by molar-refractivity contribution is 0.369. The highest BCUT2D eigenvalue weighted by atomic mass is 16.1. The highest BCUT2D eigenvalue weighted by Crippen LogP contribution is 2.25. The second kappa shape index (κ2) is 12.3. The van der Waals surface area contributed by atoms with Gasteiger partial charge >= 0.3 is 5.69 Å². The van der Waals surface area contributed by atoms with Crippen molar-refractivity contribution in [3.05, 3.63) is 34.2 Å². The number of nitrogens with two attached hydrogens (primary N) is 1. The second-order valence-corrected chi connectivity index (χ2v) is 9.07. The molecule has 0 bridgehead atoms. The maximum atomic E-state index is 13.0. The fourth-order valence-electron chi connectivity index (χ4n) is 5.00. The van der Waals surface area contributed by atoms with Gasteiger partial charge in [-0.2, -0.15) is 0 Å². The molecule has 1 aliphatic heterocycles. The quantitative estimate of drug-likeness (QED) is 0.468. The van der Waals surface area contributed by atoms with Gasteiger partial charge in [0, 0.05) is 13.6 Å². The fourth-order valence-corrected chi connectivity index (χ4v) is 5.00. The van der Waals surface area contributed by atoms with Crippen LogP contribution in [0.1, 0.15) is 88.7 Å². The van der Waals surface area contributed by atoms with E-state index in [2.05, 4.69) is 23.5 Å². The molecule has 0 saturated carbocycles. The summed E-state index contributed by atoms with van der Waals surface area (Å²) in [7, 11) is 1.94. The van der Waals surface area contributed by atoms with E-state index in [1.807, 2.05) is 16.2 Å². The van der Waals surface area contributed by atoms with Crippen molar-refractivity contribution in [2.75, 3.05) is 19.6 Å². The Kier molecular flexibility index (Phi) is 9.47. The van der Waals surface area contributed by atoms with Crippen LogP contribution in [0.3, 0.4) is 0 Å². The molecule has 1 aromatic carbocycles. The molecule has 1 unspecified atom stereocenters. The first-order chi connectivity index (χ1) is 14.7. The van der Waals surface area contributed by atoms with Crippen LogP contribution in [-0.4, -0.2) is 28.8 Å². The average Bonchev–Trinajstić information content (AvgIpc) is 3.03. The third-order valence-electron chi connectivity index (χ3n) is 6.72. The van der Waals surface area contributed by atoms with Crippen LogP contribution in [0.2, 0.25) is 0 Å². The Bertz CT molecular complexity index is 816. The van der Waals surface area contributed by atoms with E-state index in [0.29, 0.717) is 0 Å². The standard InChI is InChI=1S/C25H42N4O/c1-28-24-21(14-10-8-6-4-2-3-5-7-9-11-18-26)15-12-17-23(24)29(25(28)30)22-16-13-19-27-20-22/h12,15,17,22,27H,2-11,13-14,16,18-20,26H2,1H3. The predicted octanol–water partition coefficient (Wildman–Crippen LogP) is 4.67. The van der Waals surface area contributed by atoms with Crippen LogP contribution in [0, 0.1) is 0 Å². The molecular weight excluding hydrogens is 372 g/mol. The molecule has 0 amide bonds. The predicted molar refractivity (Wildman–Crippen MR) is 127 cm³/mol. The molecule has 3 N–H and O–H groups in total. The van der Waals surface area contributed by atoms with Gasteiger partial charge in [-0.05, 0) is 56.8 Å². The number of aryl methyl sites for hydroxylation is 2. The first kappa shape index (κ1) is 23.1. The number of nitrogens with one attached hydrogen (secondary N) is 1. The molecule has 1 aromatic heterocycles. The molecule has 2 heterocycles. The number of piperidine rings is 1. The Labute approximate surface area is 182 Å². The summed E-state index contributed by atoms with van der Waals surface area (Å²) in [4.78, 5) is 13.0. The Morgan fingerprint density at radius 3 is 2.30 bits per heavy atom. The number of hydrogen-bond donors (Lipinski definition) is 2. The van der Waals surface area contributed by atoms with Crippen molar-refractivity contribution in [1.82, 2.24) is 14.5 Å². The van der Waals surface area contributed by atoms with Crippen molar-refractivity contribution in [2.24, 2.45) is 12.8 Å². The summed E-state index contributed by atoms with van der Waals surface area (Å²) in [6.45, 7) is 2.80. The van der Waals surface area contributed by atoms with Crippen LogP contribution in [-0.2, 0) is 13.5 Å². The van der Waals surface area contributed by atoms with Gasteiger partial charge in [0.2, 0.25) is 0 Å². The molecule has 3 rings (SSSR count). The highest BCUT2D eigenvalue weighted by Gasteiger charge is 2.22. The van der Waals surface area contributed by atoms with Crippen LogP contribution in [0.4, 0.5) is 0 Å². The molecule has 0 spiro atoms. The first-order valence-corrected chi connectivity index (χ1v) is 12.3. The number of para-hydroxylation sites is 1.